The molecule has 1 N–H and O–H groups in total. The average molecular weight is 357 g/mol. The van der Waals surface area contributed by atoms with E-state index in [-0.39, 0.29) is 6.04 Å². The van der Waals surface area contributed by atoms with Gasteiger partial charge in [0.25, 0.3) is 0 Å². The van der Waals surface area contributed by atoms with Gasteiger partial charge in [0.1, 0.15) is 24.7 Å². The van der Waals surface area contributed by atoms with Gasteiger partial charge >= 0.3 is 0 Å². The molecule has 0 amide bonds. The predicted octanol–water partition coefficient (Wildman–Crippen LogP) is 3.96. The number of nitrogens with one attached hydrogen (secondary N) is 1. The smallest absolute Gasteiger partial charge is 0.161 e. The zero-order chi connectivity index (χ0) is 18.5. The zero-order valence-corrected chi connectivity index (χ0v) is 15.9. The largest absolute Gasteiger partial charge is 0.497 e. The topological polar surface area (TPSA) is 49.0 Å². The van der Waals surface area contributed by atoms with Gasteiger partial charge in [0, 0.05) is 24.2 Å². The van der Waals surface area contributed by atoms with Crippen molar-refractivity contribution < 1.29 is 18.9 Å². The normalized spacial score (nSPS) is 14.2. The van der Waals surface area contributed by atoms with Crippen molar-refractivity contribution in [2.75, 3.05) is 27.4 Å². The number of rotatable bonds is 7. The SMILES string of the molecule is COc1ccc(CN[C@H](c2ccc3c(c2)OCCO3)C(C)C)c(OC)c1. The van der Waals surface area contributed by atoms with Crippen molar-refractivity contribution in [1.82, 2.24) is 5.32 Å². The molecule has 140 valence electrons. The highest BCUT2D eigenvalue weighted by molar-refractivity contribution is 5.45. The second-order valence-electron chi connectivity index (χ2n) is 6.68. The summed E-state index contributed by atoms with van der Waals surface area (Å²) in [5, 5.41) is 3.65. The second-order valence-corrected chi connectivity index (χ2v) is 6.68. The summed E-state index contributed by atoms with van der Waals surface area (Å²) in [6, 6.07) is 12.3. The van der Waals surface area contributed by atoms with Gasteiger partial charge in [-0.2, -0.15) is 0 Å². The third-order valence-corrected chi connectivity index (χ3v) is 4.60. The molecule has 0 bridgehead atoms. The number of fused-ring (bicyclic) bond motifs is 1. The fourth-order valence-electron chi connectivity index (χ4n) is 3.21. The van der Waals surface area contributed by atoms with Gasteiger partial charge in [-0.05, 0) is 29.7 Å². The summed E-state index contributed by atoms with van der Waals surface area (Å²) in [5.41, 5.74) is 2.29. The summed E-state index contributed by atoms with van der Waals surface area (Å²) in [6.07, 6.45) is 0. The quantitative estimate of drug-likeness (QED) is 0.813. The van der Waals surface area contributed by atoms with Crippen LogP contribution in [0.5, 0.6) is 23.0 Å². The van der Waals surface area contributed by atoms with E-state index in [4.69, 9.17) is 18.9 Å². The van der Waals surface area contributed by atoms with Crippen molar-refractivity contribution >= 4 is 0 Å². The Balaban J connectivity index is 1.77. The van der Waals surface area contributed by atoms with E-state index < -0.39 is 0 Å². The summed E-state index contributed by atoms with van der Waals surface area (Å²) in [5.74, 6) is 3.67. The highest BCUT2D eigenvalue weighted by atomic mass is 16.6. The molecule has 1 heterocycles. The van der Waals surface area contributed by atoms with Gasteiger partial charge in [0.05, 0.1) is 14.2 Å². The molecule has 0 fully saturated rings. The highest BCUT2D eigenvalue weighted by Gasteiger charge is 2.20. The minimum atomic E-state index is 0.192. The monoisotopic (exact) mass is 357 g/mol. The van der Waals surface area contributed by atoms with Gasteiger partial charge in [-0.15, -0.1) is 0 Å². The number of methoxy groups -OCH3 is 2. The fraction of sp³-hybridized carbons (Fsp3) is 0.429. The molecule has 0 aromatic heterocycles. The van der Waals surface area contributed by atoms with Crippen LogP contribution in [0.15, 0.2) is 36.4 Å². The molecule has 5 heteroatoms. The molecule has 0 saturated heterocycles. The standard InChI is InChI=1S/C21H27NO4/c1-14(2)21(15-6-8-18-20(11-15)26-10-9-25-18)22-13-16-5-7-17(23-3)12-19(16)24-4/h5-8,11-12,14,21-22H,9-10,13H2,1-4H3/t21-/m0/s1. The number of ether oxygens (including phenoxy) is 4. The van der Waals surface area contributed by atoms with E-state index in [2.05, 4.69) is 31.3 Å². The highest BCUT2D eigenvalue weighted by Crippen LogP contribution is 2.35. The first-order valence-corrected chi connectivity index (χ1v) is 8.96. The molecule has 1 atom stereocenters. The van der Waals surface area contributed by atoms with Crippen molar-refractivity contribution in [3.8, 4) is 23.0 Å². The first-order valence-electron chi connectivity index (χ1n) is 8.96. The minimum Gasteiger partial charge on any atom is -0.497 e. The van der Waals surface area contributed by atoms with Gasteiger partial charge in [-0.1, -0.05) is 26.0 Å². The molecule has 26 heavy (non-hydrogen) atoms. The Kier molecular flexibility index (Phi) is 5.89. The molecule has 0 aliphatic carbocycles. The van der Waals surface area contributed by atoms with Crippen LogP contribution in [0.1, 0.15) is 31.0 Å². The van der Waals surface area contributed by atoms with Crippen LogP contribution in [-0.2, 0) is 6.54 Å². The molecule has 0 spiro atoms. The third kappa shape index (κ3) is 4.05. The van der Waals surface area contributed by atoms with Crippen molar-refractivity contribution in [3.63, 3.8) is 0 Å². The number of hydrogen-bond acceptors (Lipinski definition) is 5. The van der Waals surface area contributed by atoms with Crippen LogP contribution < -0.4 is 24.3 Å². The Morgan fingerprint density at radius 1 is 0.962 bits per heavy atom. The first-order chi connectivity index (χ1) is 12.6. The molecule has 2 aromatic rings. The van der Waals surface area contributed by atoms with Crippen LogP contribution in [0, 0.1) is 5.92 Å². The molecular formula is C21H27NO4. The lowest BCUT2D eigenvalue weighted by Gasteiger charge is -2.26. The molecule has 5 nitrogen and oxygen atoms in total. The molecule has 0 unspecified atom stereocenters. The molecule has 0 saturated carbocycles. The van der Waals surface area contributed by atoms with Crippen molar-refractivity contribution in [2.45, 2.75) is 26.4 Å². The fourth-order valence-corrected chi connectivity index (χ4v) is 3.21. The Morgan fingerprint density at radius 2 is 1.73 bits per heavy atom. The lowest BCUT2D eigenvalue weighted by Crippen LogP contribution is -2.26. The van der Waals surface area contributed by atoms with Gasteiger partial charge in [-0.25, -0.2) is 0 Å². The van der Waals surface area contributed by atoms with Gasteiger partial charge < -0.3 is 24.3 Å². The van der Waals surface area contributed by atoms with E-state index in [1.54, 1.807) is 14.2 Å². The summed E-state index contributed by atoms with van der Waals surface area (Å²) in [7, 11) is 3.34. The Bertz CT molecular complexity index is 745. The number of benzene rings is 2. The summed E-state index contributed by atoms with van der Waals surface area (Å²) >= 11 is 0. The number of hydrogen-bond donors (Lipinski definition) is 1. The minimum absolute atomic E-state index is 0.192. The van der Waals surface area contributed by atoms with Crippen molar-refractivity contribution in [2.24, 2.45) is 5.92 Å². The van der Waals surface area contributed by atoms with E-state index in [0.29, 0.717) is 25.7 Å². The zero-order valence-electron chi connectivity index (χ0n) is 15.9. The van der Waals surface area contributed by atoms with E-state index in [0.717, 1.165) is 28.6 Å². The van der Waals surface area contributed by atoms with Crippen molar-refractivity contribution in [1.29, 1.82) is 0 Å². The second kappa shape index (κ2) is 8.32. The molecular weight excluding hydrogens is 330 g/mol. The van der Waals surface area contributed by atoms with Gasteiger partial charge in [0.2, 0.25) is 0 Å². The lowest BCUT2D eigenvalue weighted by molar-refractivity contribution is 0.171. The Morgan fingerprint density at radius 3 is 2.42 bits per heavy atom. The molecule has 2 aromatic carbocycles. The van der Waals surface area contributed by atoms with Crippen LogP contribution in [0.3, 0.4) is 0 Å². The summed E-state index contributed by atoms with van der Waals surface area (Å²) in [4.78, 5) is 0. The third-order valence-electron chi connectivity index (χ3n) is 4.60. The van der Waals surface area contributed by atoms with E-state index in [1.807, 2.05) is 24.3 Å². The van der Waals surface area contributed by atoms with E-state index >= 15 is 0 Å². The van der Waals surface area contributed by atoms with Crippen molar-refractivity contribution in [3.05, 3.63) is 47.5 Å². The first kappa shape index (κ1) is 18.4. The predicted molar refractivity (Wildman–Crippen MR) is 101 cm³/mol. The molecule has 1 aliphatic heterocycles. The lowest BCUT2D eigenvalue weighted by atomic mass is 9.95. The maximum absolute atomic E-state index is 5.73. The average Bonchev–Trinajstić information content (AvgIpc) is 2.67. The van der Waals surface area contributed by atoms with Gasteiger partial charge in [-0.3, -0.25) is 0 Å². The van der Waals surface area contributed by atoms with E-state index in [1.165, 1.54) is 5.56 Å². The maximum Gasteiger partial charge on any atom is 0.161 e. The van der Waals surface area contributed by atoms with Gasteiger partial charge in [0.15, 0.2) is 11.5 Å². The Labute approximate surface area is 155 Å². The Hall–Kier alpha value is -2.40. The molecule has 3 rings (SSSR count). The summed E-state index contributed by atoms with van der Waals surface area (Å²) < 4.78 is 22.1. The summed E-state index contributed by atoms with van der Waals surface area (Å²) in [6.45, 7) is 6.32. The van der Waals surface area contributed by atoms with Crippen LogP contribution in [0.25, 0.3) is 0 Å². The van der Waals surface area contributed by atoms with Crippen LogP contribution in [-0.4, -0.2) is 27.4 Å². The maximum atomic E-state index is 5.73. The molecule has 0 radical (unpaired) electrons. The molecule has 1 aliphatic rings. The van der Waals surface area contributed by atoms with Crippen LogP contribution >= 0.6 is 0 Å². The van der Waals surface area contributed by atoms with Crippen LogP contribution in [0.2, 0.25) is 0 Å². The van der Waals surface area contributed by atoms with E-state index in [9.17, 15) is 0 Å². The van der Waals surface area contributed by atoms with Crippen LogP contribution in [0.4, 0.5) is 0 Å².